The molecule has 1 N–H and O–H groups in total. The molecule has 1 rings (SSSR count). The van der Waals surface area contributed by atoms with Gasteiger partial charge < -0.3 is 10.1 Å². The van der Waals surface area contributed by atoms with Crippen LogP contribution in [0.5, 0.6) is 0 Å². The molecule has 0 aromatic heterocycles. The van der Waals surface area contributed by atoms with Crippen LogP contribution in [0.2, 0.25) is 0 Å². The standard InChI is InChI=1S/C13H27NO/c1-6-15-12(13(2,3)4)11(14-5)10-8-7-9-10/h10-12,14H,6-9H2,1-5H3. The van der Waals surface area contributed by atoms with Crippen LogP contribution in [0.1, 0.15) is 47.0 Å². The quantitative estimate of drug-likeness (QED) is 0.758. The van der Waals surface area contributed by atoms with Crippen LogP contribution in [0.25, 0.3) is 0 Å². The van der Waals surface area contributed by atoms with Gasteiger partial charge in [0.25, 0.3) is 0 Å². The van der Waals surface area contributed by atoms with Crippen molar-refractivity contribution in [3.05, 3.63) is 0 Å². The second kappa shape index (κ2) is 5.31. The first-order valence-corrected chi connectivity index (χ1v) is 6.29. The first-order valence-electron chi connectivity index (χ1n) is 6.29. The fourth-order valence-electron chi connectivity index (χ4n) is 2.51. The van der Waals surface area contributed by atoms with Crippen molar-refractivity contribution < 1.29 is 4.74 Å². The monoisotopic (exact) mass is 213 g/mol. The van der Waals surface area contributed by atoms with Gasteiger partial charge in [-0.05, 0) is 38.1 Å². The normalized spacial score (nSPS) is 22.2. The zero-order valence-corrected chi connectivity index (χ0v) is 11.0. The van der Waals surface area contributed by atoms with E-state index in [2.05, 4.69) is 40.1 Å². The highest BCUT2D eigenvalue weighted by Crippen LogP contribution is 2.36. The Morgan fingerprint density at radius 2 is 1.93 bits per heavy atom. The van der Waals surface area contributed by atoms with Gasteiger partial charge in [0.05, 0.1) is 6.10 Å². The number of hydrogen-bond donors (Lipinski definition) is 1. The Kier molecular flexibility index (Phi) is 4.60. The maximum absolute atomic E-state index is 5.95. The van der Waals surface area contributed by atoms with Gasteiger partial charge >= 0.3 is 0 Å². The molecule has 1 aliphatic rings. The van der Waals surface area contributed by atoms with Crippen molar-refractivity contribution in [2.24, 2.45) is 11.3 Å². The molecule has 0 aromatic carbocycles. The molecule has 2 atom stereocenters. The number of likely N-dealkylation sites (N-methyl/N-ethyl adjacent to an activating group) is 1. The van der Waals surface area contributed by atoms with Gasteiger partial charge in [0, 0.05) is 12.6 Å². The van der Waals surface area contributed by atoms with Crippen LogP contribution >= 0.6 is 0 Å². The van der Waals surface area contributed by atoms with Gasteiger partial charge in [-0.3, -0.25) is 0 Å². The zero-order valence-electron chi connectivity index (χ0n) is 11.0. The molecule has 0 spiro atoms. The number of rotatable bonds is 5. The minimum absolute atomic E-state index is 0.222. The topological polar surface area (TPSA) is 21.3 Å². The summed E-state index contributed by atoms with van der Waals surface area (Å²) in [4.78, 5) is 0. The van der Waals surface area contributed by atoms with Crippen LogP contribution in [0.15, 0.2) is 0 Å². The molecule has 0 aliphatic heterocycles. The van der Waals surface area contributed by atoms with E-state index >= 15 is 0 Å². The predicted octanol–water partition coefficient (Wildman–Crippen LogP) is 2.83. The Hall–Kier alpha value is -0.0800. The van der Waals surface area contributed by atoms with Crippen molar-refractivity contribution in [2.75, 3.05) is 13.7 Å². The minimum Gasteiger partial charge on any atom is -0.376 e. The van der Waals surface area contributed by atoms with E-state index in [0.717, 1.165) is 12.5 Å². The summed E-state index contributed by atoms with van der Waals surface area (Å²) in [6.07, 6.45) is 4.46. The Morgan fingerprint density at radius 1 is 1.33 bits per heavy atom. The highest BCUT2D eigenvalue weighted by Gasteiger charge is 2.38. The van der Waals surface area contributed by atoms with E-state index in [-0.39, 0.29) is 5.41 Å². The summed E-state index contributed by atoms with van der Waals surface area (Å²) >= 11 is 0. The minimum atomic E-state index is 0.222. The first kappa shape index (κ1) is 13.0. The summed E-state index contributed by atoms with van der Waals surface area (Å²) in [5.74, 6) is 0.825. The molecule has 2 heteroatoms. The molecule has 90 valence electrons. The third kappa shape index (κ3) is 3.18. The average Bonchev–Trinajstić information content (AvgIpc) is 2.05. The van der Waals surface area contributed by atoms with Crippen LogP contribution in [0.4, 0.5) is 0 Å². The van der Waals surface area contributed by atoms with E-state index in [1.54, 1.807) is 0 Å². The predicted molar refractivity (Wildman–Crippen MR) is 65.1 cm³/mol. The summed E-state index contributed by atoms with van der Waals surface area (Å²) in [5.41, 5.74) is 0.222. The molecule has 0 radical (unpaired) electrons. The molecule has 0 amide bonds. The average molecular weight is 213 g/mol. The number of nitrogens with one attached hydrogen (secondary N) is 1. The van der Waals surface area contributed by atoms with Gasteiger partial charge in [-0.25, -0.2) is 0 Å². The fraction of sp³-hybridized carbons (Fsp3) is 1.00. The molecular formula is C13H27NO. The van der Waals surface area contributed by atoms with Crippen molar-refractivity contribution in [1.29, 1.82) is 0 Å². The lowest BCUT2D eigenvalue weighted by atomic mass is 9.72. The van der Waals surface area contributed by atoms with E-state index in [1.165, 1.54) is 19.3 Å². The largest absolute Gasteiger partial charge is 0.376 e. The molecule has 0 bridgehead atoms. The van der Waals surface area contributed by atoms with Crippen molar-refractivity contribution in [1.82, 2.24) is 5.32 Å². The SMILES string of the molecule is CCOC(C(NC)C1CCC1)C(C)(C)C. The summed E-state index contributed by atoms with van der Waals surface area (Å²) in [6.45, 7) is 9.72. The summed E-state index contributed by atoms with van der Waals surface area (Å²) in [6, 6.07) is 0.527. The zero-order chi connectivity index (χ0) is 11.5. The van der Waals surface area contributed by atoms with E-state index in [1.807, 2.05) is 0 Å². The Balaban J connectivity index is 2.66. The van der Waals surface area contributed by atoms with Gasteiger partial charge in [-0.15, -0.1) is 0 Å². The van der Waals surface area contributed by atoms with E-state index in [0.29, 0.717) is 12.1 Å². The summed E-state index contributed by atoms with van der Waals surface area (Å²) in [5, 5.41) is 3.47. The maximum atomic E-state index is 5.95. The van der Waals surface area contributed by atoms with E-state index in [4.69, 9.17) is 4.74 Å². The second-order valence-electron chi connectivity index (χ2n) is 5.75. The van der Waals surface area contributed by atoms with E-state index in [9.17, 15) is 0 Å². The molecule has 1 saturated carbocycles. The van der Waals surface area contributed by atoms with Gasteiger partial charge in [0.1, 0.15) is 0 Å². The van der Waals surface area contributed by atoms with Crippen LogP contribution in [0.3, 0.4) is 0 Å². The molecule has 0 heterocycles. The maximum Gasteiger partial charge on any atom is 0.0778 e. The molecule has 0 saturated heterocycles. The van der Waals surface area contributed by atoms with Crippen LogP contribution in [-0.4, -0.2) is 25.8 Å². The number of hydrogen-bond acceptors (Lipinski definition) is 2. The summed E-state index contributed by atoms with van der Waals surface area (Å²) in [7, 11) is 2.07. The molecule has 15 heavy (non-hydrogen) atoms. The Morgan fingerprint density at radius 3 is 2.20 bits per heavy atom. The van der Waals surface area contributed by atoms with Crippen molar-refractivity contribution >= 4 is 0 Å². The lowest BCUT2D eigenvalue weighted by molar-refractivity contribution is -0.0559. The highest BCUT2D eigenvalue weighted by molar-refractivity contribution is 4.93. The fourth-order valence-corrected chi connectivity index (χ4v) is 2.51. The third-order valence-corrected chi connectivity index (χ3v) is 3.52. The van der Waals surface area contributed by atoms with Crippen molar-refractivity contribution in [3.8, 4) is 0 Å². The van der Waals surface area contributed by atoms with Crippen molar-refractivity contribution in [2.45, 2.75) is 59.1 Å². The third-order valence-electron chi connectivity index (χ3n) is 3.52. The molecule has 2 nitrogen and oxygen atoms in total. The Bertz CT molecular complexity index is 181. The lowest BCUT2D eigenvalue weighted by Gasteiger charge is -2.43. The smallest absolute Gasteiger partial charge is 0.0778 e. The highest BCUT2D eigenvalue weighted by atomic mass is 16.5. The molecule has 1 fully saturated rings. The van der Waals surface area contributed by atoms with E-state index < -0.39 is 0 Å². The second-order valence-corrected chi connectivity index (χ2v) is 5.75. The van der Waals surface area contributed by atoms with Gasteiger partial charge in [-0.1, -0.05) is 27.2 Å². The molecule has 2 unspecified atom stereocenters. The molecule has 0 aromatic rings. The van der Waals surface area contributed by atoms with Gasteiger partial charge in [0.15, 0.2) is 0 Å². The molecular weight excluding hydrogens is 186 g/mol. The van der Waals surface area contributed by atoms with Gasteiger partial charge in [0.2, 0.25) is 0 Å². The Labute approximate surface area is 94.8 Å². The van der Waals surface area contributed by atoms with Crippen molar-refractivity contribution in [3.63, 3.8) is 0 Å². The van der Waals surface area contributed by atoms with Gasteiger partial charge in [-0.2, -0.15) is 0 Å². The molecule has 1 aliphatic carbocycles. The van der Waals surface area contributed by atoms with Crippen LogP contribution < -0.4 is 5.32 Å². The summed E-state index contributed by atoms with van der Waals surface area (Å²) < 4.78 is 5.95. The first-order chi connectivity index (χ1) is 7.00. The number of ether oxygens (including phenoxy) is 1. The lowest BCUT2D eigenvalue weighted by Crippen LogP contribution is -2.52. The van der Waals surface area contributed by atoms with Crippen LogP contribution in [-0.2, 0) is 4.74 Å². The van der Waals surface area contributed by atoms with Crippen LogP contribution in [0, 0.1) is 11.3 Å².